The molecule has 0 spiro atoms. The molecule has 0 bridgehead atoms. The average Bonchev–Trinajstić information content (AvgIpc) is 2.72. The van der Waals surface area contributed by atoms with Crippen molar-refractivity contribution in [1.29, 1.82) is 5.26 Å². The van der Waals surface area contributed by atoms with Gasteiger partial charge < -0.3 is 10.0 Å². The topological polar surface area (TPSA) is 64.2 Å². The molecule has 0 amide bonds. The lowest BCUT2D eigenvalue weighted by molar-refractivity contribution is 0.427. The molecule has 2 rings (SSSR count). The Morgan fingerprint density at radius 1 is 1.39 bits per heavy atom. The second kappa shape index (κ2) is 5.11. The van der Waals surface area contributed by atoms with E-state index in [1.54, 1.807) is 6.07 Å². The van der Waals surface area contributed by atoms with Crippen LogP contribution in [0.5, 0.6) is 0 Å². The zero-order valence-corrected chi connectivity index (χ0v) is 11.2. The first-order chi connectivity index (χ1) is 8.52. The molecule has 1 aromatic carbocycles. The van der Waals surface area contributed by atoms with Crippen molar-refractivity contribution in [3.63, 3.8) is 0 Å². The third kappa shape index (κ3) is 2.41. The van der Waals surface area contributed by atoms with Crippen LogP contribution in [0.3, 0.4) is 0 Å². The fourth-order valence-corrected chi connectivity index (χ4v) is 3.07. The molecule has 0 aliphatic carbocycles. The van der Waals surface area contributed by atoms with E-state index in [9.17, 15) is 15.3 Å². The summed E-state index contributed by atoms with van der Waals surface area (Å²) in [7, 11) is -1.47. The Bertz CT molecular complexity index is 613. The third-order valence-electron chi connectivity index (χ3n) is 2.79. The zero-order chi connectivity index (χ0) is 13.3. The van der Waals surface area contributed by atoms with Gasteiger partial charge in [-0.15, -0.1) is 11.3 Å². The van der Waals surface area contributed by atoms with Crippen LogP contribution in [0, 0.1) is 17.2 Å². The van der Waals surface area contributed by atoms with Crippen LogP contribution in [0.15, 0.2) is 18.2 Å². The number of fused-ring (bicyclic) bond motifs is 1. The van der Waals surface area contributed by atoms with E-state index in [-0.39, 0.29) is 0 Å². The largest absolute Gasteiger partial charge is 0.499 e. The molecule has 0 atom stereocenters. The number of benzene rings is 1. The van der Waals surface area contributed by atoms with Crippen LogP contribution in [-0.4, -0.2) is 17.2 Å². The Balaban J connectivity index is 2.60. The molecule has 0 aliphatic heterocycles. The molecule has 3 nitrogen and oxygen atoms in total. The van der Waals surface area contributed by atoms with Crippen molar-refractivity contribution in [3.05, 3.63) is 29.3 Å². The molecule has 1 heterocycles. The van der Waals surface area contributed by atoms with Gasteiger partial charge in [0.25, 0.3) is 0 Å². The van der Waals surface area contributed by atoms with Crippen molar-refractivity contribution in [2.75, 3.05) is 0 Å². The molecule has 0 saturated carbocycles. The second-order valence-corrected chi connectivity index (χ2v) is 5.83. The number of nitrogens with zero attached hydrogens (tertiary/aromatic N) is 1. The minimum Gasteiger partial charge on any atom is -0.423 e. The van der Waals surface area contributed by atoms with Crippen molar-refractivity contribution in [3.8, 4) is 6.07 Å². The zero-order valence-electron chi connectivity index (χ0n) is 10.3. The molecule has 92 valence electrons. The van der Waals surface area contributed by atoms with Crippen molar-refractivity contribution in [1.82, 2.24) is 0 Å². The van der Waals surface area contributed by atoms with Crippen molar-refractivity contribution < 1.29 is 10.0 Å². The third-order valence-corrected chi connectivity index (χ3v) is 3.99. The Morgan fingerprint density at radius 3 is 2.67 bits per heavy atom. The van der Waals surface area contributed by atoms with Crippen LogP contribution in [0.2, 0.25) is 0 Å². The fourth-order valence-electron chi connectivity index (χ4n) is 2.02. The fraction of sp³-hybridized carbons (Fsp3) is 0.308. The molecular weight excluding hydrogens is 245 g/mol. The molecule has 0 fully saturated rings. The molecule has 5 heteroatoms. The first-order valence-corrected chi connectivity index (χ1v) is 6.66. The van der Waals surface area contributed by atoms with E-state index in [1.165, 1.54) is 11.3 Å². The predicted molar refractivity (Wildman–Crippen MR) is 74.9 cm³/mol. The van der Waals surface area contributed by atoms with Crippen LogP contribution in [0.1, 0.15) is 25.0 Å². The van der Waals surface area contributed by atoms with E-state index in [0.29, 0.717) is 16.3 Å². The standard InChI is InChI=1S/C13H14BNO2S/c1-8(2)5-9-3-4-10-6-12(14(16)17)18-13(10)11(9)7-15/h3-4,6,8,16-17H,5H2,1-2H3. The summed E-state index contributed by atoms with van der Waals surface area (Å²) in [5.41, 5.74) is 1.69. The number of hydrogen-bond acceptors (Lipinski definition) is 4. The van der Waals surface area contributed by atoms with E-state index < -0.39 is 7.12 Å². The van der Waals surface area contributed by atoms with Gasteiger partial charge in [0.15, 0.2) is 0 Å². The number of rotatable bonds is 3. The highest BCUT2D eigenvalue weighted by molar-refractivity contribution is 7.28. The molecule has 0 aliphatic rings. The van der Waals surface area contributed by atoms with Gasteiger partial charge in [-0.2, -0.15) is 5.26 Å². The lowest BCUT2D eigenvalue weighted by atomic mass is 9.89. The SMILES string of the molecule is CC(C)Cc1ccc2cc(B(O)O)sc2c1C#N. The maximum absolute atomic E-state index is 9.31. The van der Waals surface area contributed by atoms with Crippen LogP contribution < -0.4 is 4.78 Å². The summed E-state index contributed by atoms with van der Waals surface area (Å²) in [6.07, 6.45) is 0.855. The summed E-state index contributed by atoms with van der Waals surface area (Å²) < 4.78 is 1.32. The molecule has 0 radical (unpaired) electrons. The van der Waals surface area contributed by atoms with E-state index in [2.05, 4.69) is 19.9 Å². The minimum absolute atomic E-state index is 0.475. The summed E-state index contributed by atoms with van der Waals surface area (Å²) >= 11 is 1.28. The molecule has 0 unspecified atom stereocenters. The summed E-state index contributed by atoms with van der Waals surface area (Å²) in [6.45, 7) is 4.23. The van der Waals surface area contributed by atoms with Gasteiger partial charge in [-0.3, -0.25) is 0 Å². The Morgan fingerprint density at radius 2 is 2.11 bits per heavy atom. The van der Waals surface area contributed by atoms with Crippen LogP contribution in [0.25, 0.3) is 10.1 Å². The first-order valence-electron chi connectivity index (χ1n) is 5.84. The van der Waals surface area contributed by atoms with Gasteiger partial charge in [0.2, 0.25) is 0 Å². The molecular formula is C13H14BNO2S. The van der Waals surface area contributed by atoms with E-state index >= 15 is 0 Å². The highest BCUT2D eigenvalue weighted by atomic mass is 32.1. The lowest BCUT2D eigenvalue weighted by Gasteiger charge is -2.07. The average molecular weight is 259 g/mol. The predicted octanol–water partition coefficient (Wildman–Crippen LogP) is 1.65. The highest BCUT2D eigenvalue weighted by Gasteiger charge is 2.17. The number of nitriles is 1. The van der Waals surface area contributed by atoms with Gasteiger partial charge >= 0.3 is 7.12 Å². The molecule has 2 N–H and O–H groups in total. The van der Waals surface area contributed by atoms with Gasteiger partial charge in [-0.05, 0) is 29.4 Å². The summed E-state index contributed by atoms with van der Waals surface area (Å²) in [5.74, 6) is 0.484. The van der Waals surface area contributed by atoms with Gasteiger partial charge in [0, 0.05) is 4.78 Å². The second-order valence-electron chi connectivity index (χ2n) is 4.75. The number of thiophene rings is 1. The van der Waals surface area contributed by atoms with Crippen LogP contribution in [-0.2, 0) is 6.42 Å². The molecule has 18 heavy (non-hydrogen) atoms. The van der Waals surface area contributed by atoms with E-state index in [4.69, 9.17) is 0 Å². The first kappa shape index (κ1) is 13.1. The minimum atomic E-state index is -1.47. The summed E-state index contributed by atoms with van der Waals surface area (Å²) in [4.78, 5) is 0. The Hall–Kier alpha value is -1.35. The van der Waals surface area contributed by atoms with Gasteiger partial charge in [0.05, 0.1) is 10.3 Å². The highest BCUT2D eigenvalue weighted by Crippen LogP contribution is 2.27. The number of hydrogen-bond donors (Lipinski definition) is 2. The monoisotopic (exact) mass is 259 g/mol. The molecule has 0 saturated heterocycles. The van der Waals surface area contributed by atoms with Crippen LogP contribution in [0.4, 0.5) is 0 Å². The van der Waals surface area contributed by atoms with Gasteiger partial charge in [-0.1, -0.05) is 26.0 Å². The van der Waals surface area contributed by atoms with Crippen LogP contribution >= 0.6 is 11.3 Å². The van der Waals surface area contributed by atoms with Crippen molar-refractivity contribution in [2.45, 2.75) is 20.3 Å². The summed E-state index contributed by atoms with van der Waals surface area (Å²) in [5, 5.41) is 28.6. The Labute approximate surface area is 110 Å². The lowest BCUT2D eigenvalue weighted by Crippen LogP contribution is -2.26. The van der Waals surface area contributed by atoms with E-state index in [0.717, 1.165) is 22.1 Å². The van der Waals surface area contributed by atoms with Gasteiger partial charge in [-0.25, -0.2) is 0 Å². The maximum Gasteiger partial charge on any atom is 0.499 e. The molecule has 1 aromatic heterocycles. The van der Waals surface area contributed by atoms with Crippen molar-refractivity contribution in [2.24, 2.45) is 5.92 Å². The van der Waals surface area contributed by atoms with E-state index in [1.807, 2.05) is 12.1 Å². The summed E-state index contributed by atoms with van der Waals surface area (Å²) in [6, 6.07) is 7.87. The maximum atomic E-state index is 9.31. The Kier molecular flexibility index (Phi) is 3.72. The van der Waals surface area contributed by atoms with Crippen molar-refractivity contribution >= 4 is 33.3 Å². The van der Waals surface area contributed by atoms with Gasteiger partial charge in [0.1, 0.15) is 6.07 Å². The smallest absolute Gasteiger partial charge is 0.423 e. The quantitative estimate of drug-likeness (QED) is 0.824. The molecule has 2 aromatic rings. The normalized spacial score (nSPS) is 10.9.